The first-order chi connectivity index (χ1) is 12.5. The number of ether oxygens (including phenoxy) is 2. The van der Waals surface area contributed by atoms with Crippen LogP contribution in [0, 0.1) is 12.7 Å². The average molecular weight is 380 g/mol. The molecule has 0 aliphatic carbocycles. The number of benzene rings is 2. The van der Waals surface area contributed by atoms with Crippen molar-refractivity contribution >= 4 is 29.2 Å². The SMILES string of the molecule is Cc1cc(OCCCC(=O)OCC(=O)Nc2ccccc2F)ccc1Cl. The fraction of sp³-hybridized carbons (Fsp3) is 0.263. The molecule has 0 atom stereocenters. The van der Waals surface area contributed by atoms with E-state index in [1.165, 1.54) is 18.2 Å². The number of carbonyl (C=O) groups is 2. The lowest BCUT2D eigenvalue weighted by Crippen LogP contribution is -2.21. The van der Waals surface area contributed by atoms with Crippen molar-refractivity contribution in [3.8, 4) is 5.75 Å². The van der Waals surface area contributed by atoms with E-state index >= 15 is 0 Å². The summed E-state index contributed by atoms with van der Waals surface area (Å²) in [7, 11) is 0. The Hall–Kier alpha value is -2.60. The normalized spacial score (nSPS) is 10.3. The molecule has 0 saturated carbocycles. The number of esters is 1. The summed E-state index contributed by atoms with van der Waals surface area (Å²) in [5, 5.41) is 3.00. The molecule has 0 fully saturated rings. The maximum Gasteiger partial charge on any atom is 0.306 e. The Bertz CT molecular complexity index is 782. The van der Waals surface area contributed by atoms with Gasteiger partial charge in [-0.2, -0.15) is 0 Å². The molecule has 26 heavy (non-hydrogen) atoms. The van der Waals surface area contributed by atoms with E-state index in [1.54, 1.807) is 18.2 Å². The first kappa shape index (κ1) is 19.7. The Labute approximate surface area is 156 Å². The lowest BCUT2D eigenvalue weighted by Gasteiger charge is -2.08. The maximum absolute atomic E-state index is 13.4. The Morgan fingerprint density at radius 2 is 1.96 bits per heavy atom. The molecule has 0 saturated heterocycles. The van der Waals surface area contributed by atoms with E-state index in [0.29, 0.717) is 23.8 Å². The molecule has 0 unspecified atom stereocenters. The molecular formula is C19H19ClFNO4. The Kier molecular flexibility index (Phi) is 7.41. The summed E-state index contributed by atoms with van der Waals surface area (Å²) in [5.41, 5.74) is 0.949. The molecule has 2 aromatic rings. The minimum absolute atomic E-state index is 0.0419. The molecule has 2 rings (SSSR count). The molecule has 0 bridgehead atoms. The van der Waals surface area contributed by atoms with Crippen LogP contribution in [-0.4, -0.2) is 25.1 Å². The summed E-state index contributed by atoms with van der Waals surface area (Å²) in [6, 6.07) is 11.1. The monoisotopic (exact) mass is 379 g/mol. The number of anilines is 1. The van der Waals surface area contributed by atoms with Crippen LogP contribution in [0.5, 0.6) is 5.75 Å². The minimum atomic E-state index is -0.601. The highest BCUT2D eigenvalue weighted by Crippen LogP contribution is 2.21. The van der Waals surface area contributed by atoms with Gasteiger partial charge in [0.15, 0.2) is 6.61 Å². The topological polar surface area (TPSA) is 64.6 Å². The van der Waals surface area contributed by atoms with Crippen LogP contribution in [0.1, 0.15) is 18.4 Å². The van der Waals surface area contributed by atoms with E-state index < -0.39 is 24.3 Å². The summed E-state index contributed by atoms with van der Waals surface area (Å²) in [6.45, 7) is 1.74. The molecule has 2 aromatic carbocycles. The fourth-order valence-corrected chi connectivity index (χ4v) is 2.20. The fourth-order valence-electron chi connectivity index (χ4n) is 2.08. The van der Waals surface area contributed by atoms with E-state index in [2.05, 4.69) is 5.32 Å². The number of rotatable bonds is 8. The highest BCUT2D eigenvalue weighted by Gasteiger charge is 2.10. The number of amides is 1. The maximum atomic E-state index is 13.4. The lowest BCUT2D eigenvalue weighted by molar-refractivity contribution is -0.147. The standard InChI is InChI=1S/C19H19ClFNO4/c1-13-11-14(8-9-15(13)20)25-10-4-7-19(24)26-12-18(23)22-17-6-3-2-5-16(17)21/h2-3,5-6,8-9,11H,4,7,10,12H2,1H3,(H,22,23). The van der Waals surface area contributed by atoms with Crippen LogP contribution >= 0.6 is 11.6 Å². The second kappa shape index (κ2) is 9.77. The van der Waals surface area contributed by atoms with Crippen LogP contribution in [0.25, 0.3) is 0 Å². The number of carbonyl (C=O) groups excluding carboxylic acids is 2. The summed E-state index contributed by atoms with van der Waals surface area (Å²) in [5.74, 6) is -1.01. The number of halogens is 2. The Balaban J connectivity index is 1.63. The zero-order chi connectivity index (χ0) is 18.9. The molecule has 0 spiro atoms. The van der Waals surface area contributed by atoms with Crippen molar-refractivity contribution in [2.75, 3.05) is 18.5 Å². The van der Waals surface area contributed by atoms with E-state index in [4.69, 9.17) is 21.1 Å². The van der Waals surface area contributed by atoms with Gasteiger partial charge in [0.05, 0.1) is 12.3 Å². The number of para-hydroxylation sites is 1. The first-order valence-corrected chi connectivity index (χ1v) is 8.42. The molecule has 1 N–H and O–H groups in total. The molecule has 0 radical (unpaired) electrons. The van der Waals surface area contributed by atoms with Gasteiger partial charge in [-0.3, -0.25) is 9.59 Å². The summed E-state index contributed by atoms with van der Waals surface area (Å²) >= 11 is 5.93. The van der Waals surface area contributed by atoms with Gasteiger partial charge in [0.25, 0.3) is 5.91 Å². The van der Waals surface area contributed by atoms with Crippen LogP contribution in [0.2, 0.25) is 5.02 Å². The quantitative estimate of drug-likeness (QED) is 0.553. The third kappa shape index (κ3) is 6.37. The van der Waals surface area contributed by atoms with Crippen molar-refractivity contribution in [3.63, 3.8) is 0 Å². The van der Waals surface area contributed by atoms with Gasteiger partial charge in [-0.15, -0.1) is 0 Å². The number of hydrogen-bond donors (Lipinski definition) is 1. The first-order valence-electron chi connectivity index (χ1n) is 8.04. The Morgan fingerprint density at radius 3 is 2.69 bits per heavy atom. The van der Waals surface area contributed by atoms with E-state index in [1.807, 2.05) is 13.0 Å². The smallest absolute Gasteiger partial charge is 0.306 e. The zero-order valence-electron chi connectivity index (χ0n) is 14.3. The zero-order valence-corrected chi connectivity index (χ0v) is 15.0. The molecule has 0 heterocycles. The molecule has 0 aromatic heterocycles. The van der Waals surface area contributed by atoms with Crippen molar-refractivity contribution < 1.29 is 23.5 Å². The van der Waals surface area contributed by atoms with Crippen LogP contribution in [0.3, 0.4) is 0 Å². The summed E-state index contributed by atoms with van der Waals surface area (Å²) in [6.07, 6.45) is 0.551. The van der Waals surface area contributed by atoms with E-state index in [0.717, 1.165) is 5.56 Å². The molecule has 0 aliphatic heterocycles. The predicted octanol–water partition coefficient (Wildman–Crippen LogP) is 4.13. The summed E-state index contributed by atoms with van der Waals surface area (Å²) in [4.78, 5) is 23.3. The Morgan fingerprint density at radius 1 is 1.19 bits per heavy atom. The van der Waals surface area contributed by atoms with Crippen LogP contribution in [0.4, 0.5) is 10.1 Å². The van der Waals surface area contributed by atoms with Crippen molar-refractivity contribution in [1.82, 2.24) is 0 Å². The van der Waals surface area contributed by atoms with Crippen molar-refractivity contribution in [3.05, 3.63) is 58.9 Å². The third-order valence-electron chi connectivity index (χ3n) is 3.44. The number of hydrogen-bond acceptors (Lipinski definition) is 4. The second-order valence-electron chi connectivity index (χ2n) is 5.55. The van der Waals surface area contributed by atoms with Crippen LogP contribution < -0.4 is 10.1 Å². The van der Waals surface area contributed by atoms with E-state index in [9.17, 15) is 14.0 Å². The predicted molar refractivity (Wildman–Crippen MR) is 96.9 cm³/mol. The molecule has 1 amide bonds. The van der Waals surface area contributed by atoms with Gasteiger partial charge in [-0.1, -0.05) is 23.7 Å². The third-order valence-corrected chi connectivity index (χ3v) is 3.86. The van der Waals surface area contributed by atoms with Gasteiger partial charge < -0.3 is 14.8 Å². The van der Waals surface area contributed by atoms with Gasteiger partial charge in [0, 0.05) is 11.4 Å². The highest BCUT2D eigenvalue weighted by molar-refractivity contribution is 6.31. The van der Waals surface area contributed by atoms with Crippen molar-refractivity contribution in [1.29, 1.82) is 0 Å². The van der Waals surface area contributed by atoms with Gasteiger partial charge in [-0.25, -0.2) is 4.39 Å². The second-order valence-corrected chi connectivity index (χ2v) is 5.96. The lowest BCUT2D eigenvalue weighted by atomic mass is 10.2. The molecular weight excluding hydrogens is 361 g/mol. The van der Waals surface area contributed by atoms with Gasteiger partial charge in [0.2, 0.25) is 0 Å². The summed E-state index contributed by atoms with van der Waals surface area (Å²) < 4.78 is 23.8. The van der Waals surface area contributed by atoms with Crippen molar-refractivity contribution in [2.24, 2.45) is 0 Å². The molecule has 5 nitrogen and oxygen atoms in total. The number of nitrogens with one attached hydrogen (secondary N) is 1. The molecule has 138 valence electrons. The largest absolute Gasteiger partial charge is 0.494 e. The van der Waals surface area contributed by atoms with E-state index in [-0.39, 0.29) is 12.1 Å². The van der Waals surface area contributed by atoms with Crippen LogP contribution in [-0.2, 0) is 14.3 Å². The van der Waals surface area contributed by atoms with Crippen LogP contribution in [0.15, 0.2) is 42.5 Å². The van der Waals surface area contributed by atoms with Gasteiger partial charge in [-0.05, 0) is 49.2 Å². The van der Waals surface area contributed by atoms with Crippen molar-refractivity contribution in [2.45, 2.75) is 19.8 Å². The number of aryl methyl sites for hydroxylation is 1. The molecule has 0 aliphatic rings. The highest BCUT2D eigenvalue weighted by atomic mass is 35.5. The molecule has 7 heteroatoms. The van der Waals surface area contributed by atoms with Gasteiger partial charge >= 0.3 is 5.97 Å². The minimum Gasteiger partial charge on any atom is -0.494 e. The average Bonchev–Trinajstić information content (AvgIpc) is 2.62. The van der Waals surface area contributed by atoms with Gasteiger partial charge in [0.1, 0.15) is 11.6 Å².